The predicted molar refractivity (Wildman–Crippen MR) is 87.9 cm³/mol. The highest BCUT2D eigenvalue weighted by atomic mass is 32.1. The van der Waals surface area contributed by atoms with Crippen molar-refractivity contribution in [1.29, 1.82) is 0 Å². The molecule has 0 aromatic carbocycles. The van der Waals surface area contributed by atoms with E-state index in [1.807, 2.05) is 18.7 Å². The van der Waals surface area contributed by atoms with Gasteiger partial charge in [-0.25, -0.2) is 4.98 Å². The zero-order valence-electron chi connectivity index (χ0n) is 13.2. The third-order valence-electron chi connectivity index (χ3n) is 3.72. The summed E-state index contributed by atoms with van der Waals surface area (Å²) in [5.41, 5.74) is 5.91. The zero-order chi connectivity index (χ0) is 15.6. The summed E-state index contributed by atoms with van der Waals surface area (Å²) >= 11 is 1.35. The van der Waals surface area contributed by atoms with Crippen molar-refractivity contribution < 1.29 is 4.79 Å². The van der Waals surface area contributed by atoms with Gasteiger partial charge in [-0.05, 0) is 27.3 Å². The summed E-state index contributed by atoms with van der Waals surface area (Å²) in [4.78, 5) is 21.7. The SMILES string of the molecule is CCN1CCN(C(=O)c2sc(NC(C)C)nc2N)CC1C. The number of thiazole rings is 1. The topological polar surface area (TPSA) is 74.5 Å². The molecule has 0 radical (unpaired) electrons. The smallest absolute Gasteiger partial charge is 0.267 e. The standard InChI is InChI=1S/C14H25N5OS/c1-5-18-6-7-19(8-10(18)4)13(20)11-12(15)17-14(21-11)16-9(2)3/h9-10H,5-8,15H2,1-4H3,(H,16,17). The van der Waals surface area contributed by atoms with Gasteiger partial charge in [0.15, 0.2) is 5.13 Å². The van der Waals surface area contributed by atoms with Gasteiger partial charge in [-0.15, -0.1) is 0 Å². The molecule has 1 saturated heterocycles. The molecule has 2 rings (SSSR count). The van der Waals surface area contributed by atoms with Crippen molar-refractivity contribution in [3.8, 4) is 0 Å². The van der Waals surface area contributed by atoms with Crippen molar-refractivity contribution in [3.05, 3.63) is 4.88 Å². The van der Waals surface area contributed by atoms with E-state index in [0.717, 1.165) is 26.2 Å². The molecule has 118 valence electrons. The van der Waals surface area contributed by atoms with Crippen molar-refractivity contribution in [2.75, 3.05) is 37.2 Å². The van der Waals surface area contributed by atoms with E-state index >= 15 is 0 Å². The molecule has 1 fully saturated rings. The van der Waals surface area contributed by atoms with E-state index in [0.29, 0.717) is 21.9 Å². The predicted octanol–water partition coefficient (Wildman–Crippen LogP) is 1.71. The monoisotopic (exact) mass is 311 g/mol. The van der Waals surface area contributed by atoms with E-state index in [9.17, 15) is 4.79 Å². The van der Waals surface area contributed by atoms with Crippen LogP contribution in [0.15, 0.2) is 0 Å². The number of rotatable bonds is 4. The van der Waals surface area contributed by atoms with Gasteiger partial charge in [0, 0.05) is 31.7 Å². The summed E-state index contributed by atoms with van der Waals surface area (Å²) in [5, 5.41) is 3.91. The van der Waals surface area contributed by atoms with Crippen LogP contribution in [-0.4, -0.2) is 59.0 Å². The highest BCUT2D eigenvalue weighted by Gasteiger charge is 2.28. The fraction of sp³-hybridized carbons (Fsp3) is 0.714. The Balaban J connectivity index is 2.08. The molecule has 0 bridgehead atoms. The number of carbonyl (C=O) groups excluding carboxylic acids is 1. The quantitative estimate of drug-likeness (QED) is 0.885. The molecular formula is C14H25N5OS. The van der Waals surface area contributed by atoms with Gasteiger partial charge in [-0.3, -0.25) is 9.69 Å². The van der Waals surface area contributed by atoms with Gasteiger partial charge in [0.25, 0.3) is 5.91 Å². The van der Waals surface area contributed by atoms with Crippen LogP contribution < -0.4 is 11.1 Å². The number of likely N-dealkylation sites (N-methyl/N-ethyl adjacent to an activating group) is 1. The van der Waals surface area contributed by atoms with Crippen LogP contribution >= 0.6 is 11.3 Å². The fourth-order valence-electron chi connectivity index (χ4n) is 2.59. The number of carbonyl (C=O) groups is 1. The Morgan fingerprint density at radius 3 is 2.81 bits per heavy atom. The van der Waals surface area contributed by atoms with Crippen LogP contribution in [0.4, 0.5) is 10.9 Å². The third-order valence-corrected chi connectivity index (χ3v) is 4.71. The molecule has 0 aliphatic carbocycles. The number of aromatic nitrogens is 1. The molecular weight excluding hydrogens is 286 g/mol. The summed E-state index contributed by atoms with van der Waals surface area (Å²) < 4.78 is 0. The Morgan fingerprint density at radius 2 is 2.24 bits per heavy atom. The Hall–Kier alpha value is -1.34. The second kappa shape index (κ2) is 6.62. The van der Waals surface area contributed by atoms with Crippen LogP contribution in [-0.2, 0) is 0 Å². The van der Waals surface area contributed by atoms with E-state index < -0.39 is 0 Å². The number of amides is 1. The van der Waals surface area contributed by atoms with Crippen molar-refractivity contribution in [3.63, 3.8) is 0 Å². The first-order valence-corrected chi connectivity index (χ1v) is 8.30. The van der Waals surface area contributed by atoms with Gasteiger partial charge in [0.2, 0.25) is 0 Å². The Labute approximate surface area is 130 Å². The first kappa shape index (κ1) is 16.0. The van der Waals surface area contributed by atoms with Crippen LogP contribution in [0, 0.1) is 0 Å². The molecule has 3 N–H and O–H groups in total. The molecule has 1 atom stereocenters. The number of hydrogen-bond donors (Lipinski definition) is 2. The molecule has 0 saturated carbocycles. The minimum absolute atomic E-state index is 0.00408. The summed E-state index contributed by atoms with van der Waals surface area (Å²) in [6, 6.07) is 0.654. The number of anilines is 2. The number of nitrogens with two attached hydrogens (primary N) is 1. The molecule has 1 aromatic heterocycles. The molecule has 2 heterocycles. The Morgan fingerprint density at radius 1 is 1.52 bits per heavy atom. The molecule has 6 nitrogen and oxygen atoms in total. The average Bonchev–Trinajstić information content (AvgIpc) is 2.77. The van der Waals surface area contributed by atoms with E-state index in [1.165, 1.54) is 11.3 Å². The van der Waals surface area contributed by atoms with Crippen LogP contribution in [0.5, 0.6) is 0 Å². The summed E-state index contributed by atoms with van der Waals surface area (Å²) in [7, 11) is 0. The molecule has 1 unspecified atom stereocenters. The average molecular weight is 311 g/mol. The molecule has 0 spiro atoms. The van der Waals surface area contributed by atoms with Crippen LogP contribution in [0.1, 0.15) is 37.4 Å². The second-order valence-corrected chi connectivity index (χ2v) is 6.76. The van der Waals surface area contributed by atoms with Crippen molar-refractivity contribution in [2.45, 2.75) is 39.8 Å². The first-order chi connectivity index (χ1) is 9.92. The third kappa shape index (κ3) is 3.65. The largest absolute Gasteiger partial charge is 0.382 e. The zero-order valence-corrected chi connectivity index (χ0v) is 14.0. The molecule has 1 aromatic rings. The lowest BCUT2D eigenvalue weighted by Gasteiger charge is -2.39. The van der Waals surface area contributed by atoms with Crippen LogP contribution in [0.2, 0.25) is 0 Å². The molecule has 1 aliphatic heterocycles. The number of hydrogen-bond acceptors (Lipinski definition) is 6. The summed E-state index contributed by atoms with van der Waals surface area (Å²) in [6.45, 7) is 11.8. The molecule has 1 aliphatic rings. The highest BCUT2D eigenvalue weighted by molar-refractivity contribution is 7.18. The van der Waals surface area contributed by atoms with Gasteiger partial charge in [-0.2, -0.15) is 0 Å². The molecule has 7 heteroatoms. The Kier molecular flexibility index (Phi) is 5.05. The normalized spacial score (nSPS) is 20.0. The van der Waals surface area contributed by atoms with Crippen LogP contribution in [0.25, 0.3) is 0 Å². The summed E-state index contributed by atoms with van der Waals surface area (Å²) in [6.07, 6.45) is 0. The van der Waals surface area contributed by atoms with Crippen molar-refractivity contribution in [1.82, 2.24) is 14.8 Å². The van der Waals surface area contributed by atoms with Gasteiger partial charge in [0.1, 0.15) is 10.7 Å². The minimum Gasteiger partial charge on any atom is -0.382 e. The lowest BCUT2D eigenvalue weighted by atomic mass is 10.2. The van der Waals surface area contributed by atoms with Gasteiger partial charge >= 0.3 is 0 Å². The van der Waals surface area contributed by atoms with Gasteiger partial charge < -0.3 is 16.0 Å². The lowest BCUT2D eigenvalue weighted by molar-refractivity contribution is 0.0533. The minimum atomic E-state index is 0.00408. The maximum atomic E-state index is 12.6. The van der Waals surface area contributed by atoms with Crippen molar-refractivity contribution in [2.24, 2.45) is 0 Å². The second-order valence-electron chi connectivity index (χ2n) is 5.76. The van der Waals surface area contributed by atoms with E-state index in [1.54, 1.807) is 0 Å². The maximum Gasteiger partial charge on any atom is 0.267 e. The molecule has 1 amide bonds. The number of nitrogens with one attached hydrogen (secondary N) is 1. The lowest BCUT2D eigenvalue weighted by Crippen LogP contribution is -2.53. The van der Waals surface area contributed by atoms with Gasteiger partial charge in [-0.1, -0.05) is 18.3 Å². The highest BCUT2D eigenvalue weighted by Crippen LogP contribution is 2.27. The van der Waals surface area contributed by atoms with E-state index in [4.69, 9.17) is 5.73 Å². The fourth-order valence-corrected chi connectivity index (χ4v) is 3.59. The molecule has 21 heavy (non-hydrogen) atoms. The summed E-state index contributed by atoms with van der Waals surface area (Å²) in [5.74, 6) is 0.336. The number of nitrogens with zero attached hydrogens (tertiary/aromatic N) is 3. The van der Waals surface area contributed by atoms with Crippen LogP contribution in [0.3, 0.4) is 0 Å². The Bertz CT molecular complexity index is 502. The van der Waals surface area contributed by atoms with Crippen molar-refractivity contribution >= 4 is 28.2 Å². The van der Waals surface area contributed by atoms with Gasteiger partial charge in [0.05, 0.1) is 0 Å². The maximum absolute atomic E-state index is 12.6. The van der Waals surface area contributed by atoms with E-state index in [-0.39, 0.29) is 11.9 Å². The number of piperazine rings is 1. The van der Waals surface area contributed by atoms with E-state index in [2.05, 4.69) is 29.0 Å². The first-order valence-electron chi connectivity index (χ1n) is 7.48. The number of nitrogen functional groups attached to an aromatic ring is 1.